The molecule has 2 heterocycles. The van der Waals surface area contributed by atoms with E-state index >= 15 is 0 Å². The molecule has 2 fully saturated rings. The number of epoxide rings is 2. The molecule has 0 saturated carbocycles. The quantitative estimate of drug-likeness (QED) is 0.753. The Labute approximate surface area is 128 Å². The maximum absolute atomic E-state index is 11.5. The summed E-state index contributed by atoms with van der Waals surface area (Å²) in [7, 11) is 0. The molecule has 0 spiro atoms. The van der Waals surface area contributed by atoms with Gasteiger partial charge in [0.05, 0.1) is 36.5 Å². The van der Waals surface area contributed by atoms with Crippen molar-refractivity contribution in [3.05, 3.63) is 32.8 Å². The normalized spacial score (nSPS) is 22.9. The largest absolute Gasteiger partial charge is 0.478 e. The van der Waals surface area contributed by atoms with E-state index < -0.39 is 11.9 Å². The van der Waals surface area contributed by atoms with Gasteiger partial charge in [-0.15, -0.1) is 0 Å². The summed E-state index contributed by atoms with van der Waals surface area (Å²) in [5.74, 6) is -2.48. The number of rotatable bonds is 6. The maximum Gasteiger partial charge on any atom is 0.336 e. The van der Waals surface area contributed by atoms with Crippen molar-refractivity contribution in [3.8, 4) is 0 Å². The van der Waals surface area contributed by atoms with Crippen LogP contribution in [0.2, 0.25) is 0 Å². The van der Waals surface area contributed by atoms with E-state index in [0.717, 1.165) is 5.56 Å². The molecule has 0 amide bonds. The first kappa shape index (κ1) is 14.5. The van der Waals surface area contributed by atoms with Crippen LogP contribution in [0, 0.1) is 0 Å². The number of carboxylic acids is 2. The number of carboxylic acid groups (broad SMARTS) is 2. The predicted octanol–water partition coefficient (Wildman–Crippen LogP) is 1.73. The fourth-order valence-electron chi connectivity index (χ4n) is 2.37. The lowest BCUT2D eigenvalue weighted by atomic mass is 9.93. The number of hydrogen-bond donors (Lipinski definition) is 2. The van der Waals surface area contributed by atoms with Crippen LogP contribution >= 0.6 is 15.9 Å². The third-order valence-electron chi connectivity index (χ3n) is 3.56. The number of carbonyl (C=O) groups is 2. The number of benzene rings is 1. The molecule has 2 saturated heterocycles. The van der Waals surface area contributed by atoms with Gasteiger partial charge in [-0.05, 0) is 17.2 Å². The lowest BCUT2D eigenvalue weighted by Gasteiger charge is -2.15. The molecule has 2 unspecified atom stereocenters. The summed E-state index contributed by atoms with van der Waals surface area (Å²) in [5, 5.41) is 18.7. The van der Waals surface area contributed by atoms with Crippen LogP contribution in [0.4, 0.5) is 0 Å². The van der Waals surface area contributed by atoms with Crippen molar-refractivity contribution >= 4 is 27.9 Å². The molecule has 0 aromatic heterocycles. The second-order valence-electron chi connectivity index (χ2n) is 5.18. The Balaban J connectivity index is 2.12. The summed E-state index contributed by atoms with van der Waals surface area (Å²) in [6.45, 7) is 1.22. The van der Waals surface area contributed by atoms with Gasteiger partial charge >= 0.3 is 11.9 Å². The molecule has 0 bridgehead atoms. The molecule has 2 N–H and O–H groups in total. The molecule has 2 aliphatic rings. The zero-order chi connectivity index (χ0) is 15.1. The van der Waals surface area contributed by atoms with Crippen LogP contribution in [0.15, 0.2) is 10.5 Å². The molecule has 112 valence electrons. The van der Waals surface area contributed by atoms with E-state index in [1.807, 2.05) is 0 Å². The molecule has 0 radical (unpaired) electrons. The third kappa shape index (κ3) is 3.09. The maximum atomic E-state index is 11.5. The van der Waals surface area contributed by atoms with Crippen molar-refractivity contribution in [1.29, 1.82) is 0 Å². The van der Waals surface area contributed by atoms with E-state index in [2.05, 4.69) is 15.9 Å². The highest BCUT2D eigenvalue weighted by molar-refractivity contribution is 9.10. The van der Waals surface area contributed by atoms with Crippen molar-refractivity contribution in [2.24, 2.45) is 0 Å². The van der Waals surface area contributed by atoms with Gasteiger partial charge in [0.1, 0.15) is 0 Å². The highest BCUT2D eigenvalue weighted by Gasteiger charge is 2.32. The molecule has 21 heavy (non-hydrogen) atoms. The standard InChI is InChI=1S/C14H13BrO6/c15-12-6(1-7-4-20-7)2-10(13(16)17)11(14(18)19)9(12)3-8-5-21-8/h2,7-8H,1,3-5H2,(H,16,17)(H,18,19). The Bertz CT molecular complexity index is 618. The van der Waals surface area contributed by atoms with Crippen LogP contribution in [0.25, 0.3) is 0 Å². The third-order valence-corrected chi connectivity index (χ3v) is 4.55. The van der Waals surface area contributed by atoms with Crippen molar-refractivity contribution in [1.82, 2.24) is 0 Å². The van der Waals surface area contributed by atoms with Crippen LogP contribution in [0.5, 0.6) is 0 Å². The average Bonchev–Trinajstić information content (AvgIpc) is 3.28. The molecule has 2 atom stereocenters. The Morgan fingerprint density at radius 1 is 1.14 bits per heavy atom. The Morgan fingerprint density at radius 2 is 1.71 bits per heavy atom. The van der Waals surface area contributed by atoms with Gasteiger partial charge in [0.15, 0.2) is 0 Å². The summed E-state index contributed by atoms with van der Waals surface area (Å²) >= 11 is 3.43. The van der Waals surface area contributed by atoms with Gasteiger partial charge in [0, 0.05) is 17.3 Å². The van der Waals surface area contributed by atoms with Gasteiger partial charge in [-0.3, -0.25) is 0 Å². The van der Waals surface area contributed by atoms with Crippen LogP contribution < -0.4 is 0 Å². The van der Waals surface area contributed by atoms with Crippen LogP contribution in [0.1, 0.15) is 31.8 Å². The van der Waals surface area contributed by atoms with E-state index in [-0.39, 0.29) is 23.3 Å². The van der Waals surface area contributed by atoms with Crippen molar-refractivity contribution < 1.29 is 29.3 Å². The van der Waals surface area contributed by atoms with Gasteiger partial charge in [0.2, 0.25) is 0 Å². The summed E-state index contributed by atoms with van der Waals surface area (Å²) < 4.78 is 11.0. The summed E-state index contributed by atoms with van der Waals surface area (Å²) in [5.41, 5.74) is 0.901. The van der Waals surface area contributed by atoms with Gasteiger partial charge in [-0.1, -0.05) is 15.9 Å². The molecule has 1 aromatic carbocycles. The molecule has 2 aliphatic heterocycles. The van der Waals surface area contributed by atoms with E-state index in [9.17, 15) is 19.8 Å². The second-order valence-corrected chi connectivity index (χ2v) is 5.97. The summed E-state index contributed by atoms with van der Waals surface area (Å²) in [4.78, 5) is 22.9. The zero-order valence-corrected chi connectivity index (χ0v) is 12.6. The number of halogens is 1. The average molecular weight is 357 g/mol. The molecule has 6 nitrogen and oxygen atoms in total. The first-order valence-electron chi connectivity index (χ1n) is 6.51. The number of ether oxygens (including phenoxy) is 2. The molecular weight excluding hydrogens is 344 g/mol. The molecular formula is C14H13BrO6. The zero-order valence-electron chi connectivity index (χ0n) is 11.0. The minimum absolute atomic E-state index is 0.0338. The van der Waals surface area contributed by atoms with Crippen molar-refractivity contribution in [2.75, 3.05) is 13.2 Å². The van der Waals surface area contributed by atoms with Crippen LogP contribution in [-0.4, -0.2) is 47.6 Å². The minimum atomic E-state index is -1.24. The van der Waals surface area contributed by atoms with Crippen molar-refractivity contribution in [2.45, 2.75) is 25.0 Å². The Hall–Kier alpha value is -1.44. The topological polar surface area (TPSA) is 99.7 Å². The van der Waals surface area contributed by atoms with E-state index in [0.29, 0.717) is 36.1 Å². The predicted molar refractivity (Wildman–Crippen MR) is 74.9 cm³/mol. The number of aromatic carboxylic acids is 2. The van der Waals surface area contributed by atoms with E-state index in [1.54, 1.807) is 0 Å². The van der Waals surface area contributed by atoms with Crippen LogP contribution in [0.3, 0.4) is 0 Å². The SMILES string of the molecule is O=C(O)c1cc(CC2CO2)c(Br)c(CC2CO2)c1C(=O)O. The molecule has 1 aromatic rings. The minimum Gasteiger partial charge on any atom is -0.478 e. The van der Waals surface area contributed by atoms with Gasteiger partial charge in [0.25, 0.3) is 0 Å². The fraction of sp³-hybridized carbons (Fsp3) is 0.429. The molecule has 3 rings (SSSR count). The summed E-state index contributed by atoms with van der Waals surface area (Å²) in [6, 6.07) is 1.43. The first-order chi connectivity index (χ1) is 9.97. The highest BCUT2D eigenvalue weighted by atomic mass is 79.9. The smallest absolute Gasteiger partial charge is 0.336 e. The summed E-state index contributed by atoms with van der Waals surface area (Å²) in [6.07, 6.45) is 1.01. The lowest BCUT2D eigenvalue weighted by molar-refractivity contribution is 0.0650. The Kier molecular flexibility index (Phi) is 3.73. The van der Waals surface area contributed by atoms with Gasteiger partial charge in [-0.2, -0.15) is 0 Å². The lowest BCUT2D eigenvalue weighted by Crippen LogP contribution is -2.15. The Morgan fingerprint density at radius 3 is 2.19 bits per heavy atom. The molecule has 0 aliphatic carbocycles. The van der Waals surface area contributed by atoms with Crippen molar-refractivity contribution in [3.63, 3.8) is 0 Å². The fourth-order valence-corrected chi connectivity index (χ4v) is 3.01. The van der Waals surface area contributed by atoms with Gasteiger partial charge in [-0.25, -0.2) is 9.59 Å². The molecule has 7 heteroatoms. The van der Waals surface area contributed by atoms with Gasteiger partial charge < -0.3 is 19.7 Å². The second kappa shape index (κ2) is 5.40. The van der Waals surface area contributed by atoms with E-state index in [1.165, 1.54) is 6.07 Å². The highest BCUT2D eigenvalue weighted by Crippen LogP contribution is 2.34. The monoisotopic (exact) mass is 356 g/mol. The number of hydrogen-bond acceptors (Lipinski definition) is 4. The first-order valence-corrected chi connectivity index (χ1v) is 7.30. The van der Waals surface area contributed by atoms with Crippen LogP contribution in [-0.2, 0) is 22.3 Å². The van der Waals surface area contributed by atoms with E-state index in [4.69, 9.17) is 9.47 Å².